The Labute approximate surface area is 158 Å². The van der Waals surface area contributed by atoms with Crippen molar-refractivity contribution < 1.29 is 14.3 Å². The van der Waals surface area contributed by atoms with Gasteiger partial charge >= 0.3 is 0 Å². The first-order valence-electron chi connectivity index (χ1n) is 8.92. The van der Waals surface area contributed by atoms with Crippen molar-refractivity contribution in [3.63, 3.8) is 0 Å². The first kappa shape index (κ1) is 18.9. The lowest BCUT2D eigenvalue weighted by atomic mass is 10.0. The highest BCUT2D eigenvalue weighted by molar-refractivity contribution is 5.99. The van der Waals surface area contributed by atoms with Gasteiger partial charge in [0.15, 0.2) is 0 Å². The van der Waals surface area contributed by atoms with Crippen LogP contribution in [0.1, 0.15) is 39.8 Å². The summed E-state index contributed by atoms with van der Waals surface area (Å²) in [4.78, 5) is 23.9. The first-order chi connectivity index (χ1) is 12.9. The minimum atomic E-state index is -0.537. The molecule has 2 heterocycles. The molecule has 1 saturated heterocycles. The zero-order chi connectivity index (χ0) is 19.6. The fourth-order valence-corrected chi connectivity index (χ4v) is 3.51. The van der Waals surface area contributed by atoms with Crippen LogP contribution >= 0.6 is 0 Å². The van der Waals surface area contributed by atoms with Gasteiger partial charge in [0.25, 0.3) is 5.91 Å². The summed E-state index contributed by atoms with van der Waals surface area (Å²) in [5, 5.41) is 10.4. The predicted octanol–water partition coefficient (Wildman–Crippen LogP) is 1.19. The summed E-state index contributed by atoms with van der Waals surface area (Å²) >= 11 is 0. The molecule has 3 rings (SSSR count). The van der Waals surface area contributed by atoms with Gasteiger partial charge in [0.05, 0.1) is 23.8 Å². The number of nitrogens with one attached hydrogen (secondary N) is 2. The van der Waals surface area contributed by atoms with Crippen LogP contribution in [0.15, 0.2) is 24.3 Å². The van der Waals surface area contributed by atoms with E-state index in [0.29, 0.717) is 17.9 Å². The fraction of sp³-hybridized carbons (Fsp3) is 0.421. The minimum Gasteiger partial charge on any atom is -0.376 e. The largest absolute Gasteiger partial charge is 0.376 e. The van der Waals surface area contributed by atoms with Crippen molar-refractivity contribution in [3.05, 3.63) is 46.8 Å². The Morgan fingerprint density at radius 3 is 2.74 bits per heavy atom. The molecule has 144 valence electrons. The van der Waals surface area contributed by atoms with E-state index in [1.165, 1.54) is 0 Å². The van der Waals surface area contributed by atoms with E-state index < -0.39 is 5.91 Å². The number of anilines is 1. The van der Waals surface area contributed by atoms with Crippen LogP contribution in [0.4, 0.5) is 5.69 Å². The van der Waals surface area contributed by atoms with E-state index in [1.54, 1.807) is 24.3 Å². The third-order valence-electron chi connectivity index (χ3n) is 4.92. The SMILES string of the molecule is Cc1nn(C)c(C)c1[C@H]1OCC[C@@H]1NC(=O)CNc1ccccc1C(N)=O. The lowest BCUT2D eigenvalue weighted by Crippen LogP contribution is -2.40. The third kappa shape index (κ3) is 3.95. The van der Waals surface area contributed by atoms with E-state index in [1.807, 2.05) is 25.6 Å². The van der Waals surface area contributed by atoms with E-state index in [0.717, 1.165) is 23.4 Å². The standard InChI is InChI=1S/C19H25N5O3/c1-11-17(12(2)24(3)23-11)18-15(8-9-27-18)22-16(25)10-21-14-7-5-4-6-13(14)19(20)26/h4-7,15,18,21H,8-10H2,1-3H3,(H2,20,26)(H,22,25)/t15-,18-/m0/s1. The third-order valence-corrected chi connectivity index (χ3v) is 4.92. The number of amides is 2. The zero-order valence-electron chi connectivity index (χ0n) is 15.8. The molecule has 0 aliphatic carbocycles. The summed E-state index contributed by atoms with van der Waals surface area (Å²) in [5.74, 6) is -0.709. The molecule has 2 aromatic rings. The lowest BCUT2D eigenvalue weighted by Gasteiger charge is -2.21. The molecule has 0 unspecified atom stereocenters. The summed E-state index contributed by atoms with van der Waals surface area (Å²) < 4.78 is 7.72. The van der Waals surface area contributed by atoms with E-state index >= 15 is 0 Å². The lowest BCUT2D eigenvalue weighted by molar-refractivity contribution is -0.120. The highest BCUT2D eigenvalue weighted by atomic mass is 16.5. The number of rotatable bonds is 6. The average molecular weight is 371 g/mol. The van der Waals surface area contributed by atoms with Gasteiger partial charge in [-0.25, -0.2) is 0 Å². The molecule has 1 aromatic carbocycles. The number of primary amides is 1. The molecule has 8 nitrogen and oxygen atoms in total. The van der Waals surface area contributed by atoms with Crippen molar-refractivity contribution >= 4 is 17.5 Å². The quantitative estimate of drug-likeness (QED) is 0.706. The van der Waals surface area contributed by atoms with Gasteiger partial charge in [-0.3, -0.25) is 14.3 Å². The maximum atomic E-state index is 12.4. The summed E-state index contributed by atoms with van der Waals surface area (Å²) in [6, 6.07) is 6.73. The Bertz CT molecular complexity index is 861. The van der Waals surface area contributed by atoms with Crippen LogP contribution in [-0.4, -0.2) is 40.8 Å². The average Bonchev–Trinajstić information content (AvgIpc) is 3.17. The van der Waals surface area contributed by atoms with Gasteiger partial charge < -0.3 is 21.1 Å². The number of aromatic nitrogens is 2. The molecule has 4 N–H and O–H groups in total. The van der Waals surface area contributed by atoms with E-state index in [2.05, 4.69) is 15.7 Å². The van der Waals surface area contributed by atoms with E-state index in [4.69, 9.17) is 10.5 Å². The second-order valence-electron chi connectivity index (χ2n) is 6.73. The van der Waals surface area contributed by atoms with E-state index in [-0.39, 0.29) is 24.6 Å². The van der Waals surface area contributed by atoms with Crippen molar-refractivity contribution in [2.45, 2.75) is 32.4 Å². The van der Waals surface area contributed by atoms with Gasteiger partial charge in [0.2, 0.25) is 5.91 Å². The molecule has 2 amide bonds. The molecule has 1 aliphatic rings. The summed E-state index contributed by atoms with van der Waals surface area (Å²) in [6.45, 7) is 4.57. The molecular formula is C19H25N5O3. The van der Waals surface area contributed by atoms with Crippen molar-refractivity contribution in [1.29, 1.82) is 0 Å². The highest BCUT2D eigenvalue weighted by Crippen LogP contribution is 2.33. The normalized spacial score (nSPS) is 19.1. The first-order valence-corrected chi connectivity index (χ1v) is 8.92. The monoisotopic (exact) mass is 371 g/mol. The number of hydrogen-bond donors (Lipinski definition) is 3. The smallest absolute Gasteiger partial charge is 0.250 e. The topological polar surface area (TPSA) is 111 Å². The van der Waals surface area contributed by atoms with Crippen LogP contribution in [0.25, 0.3) is 0 Å². The van der Waals surface area contributed by atoms with Gasteiger partial charge in [0, 0.05) is 30.6 Å². The Morgan fingerprint density at radius 2 is 2.07 bits per heavy atom. The van der Waals surface area contributed by atoms with E-state index in [9.17, 15) is 9.59 Å². The maximum Gasteiger partial charge on any atom is 0.250 e. The fourth-order valence-electron chi connectivity index (χ4n) is 3.51. The van der Waals surface area contributed by atoms with Crippen LogP contribution in [0, 0.1) is 13.8 Å². The number of ether oxygens (including phenoxy) is 1. The predicted molar refractivity (Wildman–Crippen MR) is 101 cm³/mol. The molecule has 0 radical (unpaired) electrons. The summed E-state index contributed by atoms with van der Waals surface area (Å²) in [6.07, 6.45) is 0.530. The number of aryl methyl sites for hydroxylation is 2. The molecule has 27 heavy (non-hydrogen) atoms. The number of nitrogens with two attached hydrogens (primary N) is 1. The Hall–Kier alpha value is -2.87. The number of nitrogens with zero attached hydrogens (tertiary/aromatic N) is 2. The molecule has 0 saturated carbocycles. The molecule has 0 bridgehead atoms. The van der Waals surface area contributed by atoms with Crippen LogP contribution in [0.2, 0.25) is 0 Å². The molecule has 1 fully saturated rings. The van der Waals surface area contributed by atoms with Gasteiger partial charge in [0.1, 0.15) is 6.10 Å². The Morgan fingerprint density at radius 1 is 1.33 bits per heavy atom. The van der Waals surface area contributed by atoms with Crippen LogP contribution in [-0.2, 0) is 16.6 Å². The minimum absolute atomic E-state index is 0.0402. The summed E-state index contributed by atoms with van der Waals surface area (Å²) in [7, 11) is 1.90. The van der Waals surface area contributed by atoms with Crippen LogP contribution in [0.5, 0.6) is 0 Å². The number of benzene rings is 1. The van der Waals surface area contributed by atoms with Crippen molar-refractivity contribution in [2.75, 3.05) is 18.5 Å². The van der Waals surface area contributed by atoms with Crippen LogP contribution < -0.4 is 16.4 Å². The van der Waals surface area contributed by atoms with Crippen molar-refractivity contribution in [3.8, 4) is 0 Å². The molecule has 0 spiro atoms. The van der Waals surface area contributed by atoms with Crippen LogP contribution in [0.3, 0.4) is 0 Å². The summed E-state index contributed by atoms with van der Waals surface area (Å²) in [5.41, 5.74) is 9.24. The number of hydrogen-bond acceptors (Lipinski definition) is 5. The van der Waals surface area contributed by atoms with Gasteiger partial charge in [-0.2, -0.15) is 5.10 Å². The van der Waals surface area contributed by atoms with Gasteiger partial charge in [-0.1, -0.05) is 12.1 Å². The molecule has 2 atom stereocenters. The van der Waals surface area contributed by atoms with Gasteiger partial charge in [-0.15, -0.1) is 0 Å². The molecular weight excluding hydrogens is 346 g/mol. The van der Waals surface area contributed by atoms with Crippen molar-refractivity contribution in [1.82, 2.24) is 15.1 Å². The van der Waals surface area contributed by atoms with Crippen molar-refractivity contribution in [2.24, 2.45) is 12.8 Å². The molecule has 8 heteroatoms. The van der Waals surface area contributed by atoms with Gasteiger partial charge in [-0.05, 0) is 32.4 Å². The zero-order valence-corrected chi connectivity index (χ0v) is 15.8. The second kappa shape index (κ2) is 7.79. The molecule has 1 aromatic heterocycles. The highest BCUT2D eigenvalue weighted by Gasteiger charge is 2.34. The molecule has 1 aliphatic heterocycles. The number of carbonyl (C=O) groups excluding carboxylic acids is 2. The Kier molecular flexibility index (Phi) is 5.46. The number of carbonyl (C=O) groups is 2. The maximum absolute atomic E-state index is 12.4. The Balaban J connectivity index is 1.65. The number of para-hydroxylation sites is 1. The second-order valence-corrected chi connectivity index (χ2v) is 6.73.